The molecule has 0 saturated heterocycles. The Labute approximate surface area is 104 Å². The Morgan fingerprint density at radius 3 is 2.83 bits per heavy atom. The first kappa shape index (κ1) is 12.0. The van der Waals surface area contributed by atoms with Gasteiger partial charge in [-0.3, -0.25) is 9.89 Å². The van der Waals surface area contributed by atoms with Crippen molar-refractivity contribution in [2.75, 3.05) is 18.2 Å². The van der Waals surface area contributed by atoms with Crippen LogP contribution in [0.1, 0.15) is 15.9 Å². The number of amides is 1. The summed E-state index contributed by atoms with van der Waals surface area (Å²) in [6.07, 6.45) is 1.39. The minimum atomic E-state index is -0.297. The Balaban J connectivity index is 2.20. The lowest BCUT2D eigenvalue weighted by Crippen LogP contribution is -2.13. The summed E-state index contributed by atoms with van der Waals surface area (Å²) < 4.78 is 5.10. The van der Waals surface area contributed by atoms with Gasteiger partial charge >= 0.3 is 0 Å². The van der Waals surface area contributed by atoms with Crippen LogP contribution in [-0.4, -0.2) is 23.2 Å². The number of aromatic nitrogens is 2. The van der Waals surface area contributed by atoms with Gasteiger partial charge in [-0.15, -0.1) is 0 Å². The third-order valence-corrected chi connectivity index (χ3v) is 2.60. The van der Waals surface area contributed by atoms with Crippen molar-refractivity contribution < 1.29 is 9.53 Å². The van der Waals surface area contributed by atoms with Gasteiger partial charge in [0.25, 0.3) is 5.91 Å². The number of hydrogen-bond donors (Lipinski definition) is 3. The predicted molar refractivity (Wildman–Crippen MR) is 68.7 cm³/mol. The molecule has 0 spiro atoms. The molecule has 1 heterocycles. The van der Waals surface area contributed by atoms with E-state index in [-0.39, 0.29) is 11.7 Å². The van der Waals surface area contributed by atoms with Crippen molar-refractivity contribution in [2.24, 2.45) is 0 Å². The number of nitrogens with zero attached hydrogens (tertiary/aromatic N) is 1. The summed E-state index contributed by atoms with van der Waals surface area (Å²) in [5, 5.41) is 8.99. The van der Waals surface area contributed by atoms with Gasteiger partial charge in [0.2, 0.25) is 0 Å². The minimum absolute atomic E-state index is 0.249. The third-order valence-electron chi connectivity index (χ3n) is 2.60. The first-order valence-corrected chi connectivity index (χ1v) is 5.36. The van der Waals surface area contributed by atoms with E-state index >= 15 is 0 Å². The number of nitrogen functional groups attached to an aromatic ring is 1. The first-order chi connectivity index (χ1) is 8.61. The van der Waals surface area contributed by atoms with E-state index in [0.29, 0.717) is 11.3 Å². The molecule has 2 aromatic rings. The number of aromatic amines is 1. The van der Waals surface area contributed by atoms with Crippen LogP contribution in [0.2, 0.25) is 0 Å². The van der Waals surface area contributed by atoms with Gasteiger partial charge in [0.05, 0.1) is 13.3 Å². The highest BCUT2D eigenvalue weighted by molar-refractivity contribution is 6.07. The van der Waals surface area contributed by atoms with Crippen molar-refractivity contribution in [3.8, 4) is 5.75 Å². The number of rotatable bonds is 3. The van der Waals surface area contributed by atoms with Crippen molar-refractivity contribution >= 4 is 17.4 Å². The number of methoxy groups -OCH3 is 1. The number of nitrogens with one attached hydrogen (secondary N) is 2. The zero-order valence-corrected chi connectivity index (χ0v) is 10.2. The van der Waals surface area contributed by atoms with E-state index in [4.69, 9.17) is 10.5 Å². The summed E-state index contributed by atoms with van der Waals surface area (Å²) in [5.41, 5.74) is 7.52. The van der Waals surface area contributed by atoms with Crippen molar-refractivity contribution in [1.82, 2.24) is 10.2 Å². The van der Waals surface area contributed by atoms with Crippen LogP contribution in [0.3, 0.4) is 0 Å². The Bertz CT molecular complexity index is 577. The van der Waals surface area contributed by atoms with Crippen LogP contribution in [0.25, 0.3) is 0 Å². The number of anilines is 2. The maximum Gasteiger partial charge on any atom is 0.261 e. The standard InChI is InChI=1S/C12H14N4O2/c1-7-5-8(18-2)3-4-10(7)15-12(17)9-6-14-16-11(9)13/h3-6H,1-2H3,(H,15,17)(H3,13,14,16). The van der Waals surface area contributed by atoms with E-state index < -0.39 is 0 Å². The number of carbonyl (C=O) groups is 1. The molecule has 0 unspecified atom stereocenters. The Morgan fingerprint density at radius 2 is 2.28 bits per heavy atom. The number of hydrogen-bond acceptors (Lipinski definition) is 4. The summed E-state index contributed by atoms with van der Waals surface area (Å²) >= 11 is 0. The molecular weight excluding hydrogens is 232 g/mol. The summed E-state index contributed by atoms with van der Waals surface area (Å²) in [5.74, 6) is 0.696. The maximum atomic E-state index is 11.9. The molecule has 0 atom stereocenters. The average Bonchev–Trinajstić information content (AvgIpc) is 2.78. The number of carbonyl (C=O) groups excluding carboxylic acids is 1. The second kappa shape index (κ2) is 4.79. The Hall–Kier alpha value is -2.50. The maximum absolute atomic E-state index is 11.9. The van der Waals surface area contributed by atoms with Crippen LogP contribution in [0.5, 0.6) is 5.75 Å². The first-order valence-electron chi connectivity index (χ1n) is 5.36. The average molecular weight is 246 g/mol. The molecule has 0 aliphatic rings. The second-order valence-corrected chi connectivity index (χ2v) is 3.83. The zero-order valence-electron chi connectivity index (χ0n) is 10.2. The molecule has 18 heavy (non-hydrogen) atoms. The number of ether oxygens (including phenoxy) is 1. The van der Waals surface area contributed by atoms with Gasteiger partial charge in [0, 0.05) is 5.69 Å². The van der Waals surface area contributed by atoms with Gasteiger partial charge in [0.1, 0.15) is 17.1 Å². The largest absolute Gasteiger partial charge is 0.497 e. The molecule has 6 heteroatoms. The molecule has 94 valence electrons. The van der Waals surface area contributed by atoms with Gasteiger partial charge in [-0.05, 0) is 30.7 Å². The van der Waals surface area contributed by atoms with E-state index in [9.17, 15) is 4.79 Å². The molecule has 1 aromatic carbocycles. The highest BCUT2D eigenvalue weighted by Gasteiger charge is 2.12. The smallest absolute Gasteiger partial charge is 0.261 e. The van der Waals surface area contributed by atoms with Crippen LogP contribution in [0.4, 0.5) is 11.5 Å². The van der Waals surface area contributed by atoms with Gasteiger partial charge in [-0.2, -0.15) is 5.10 Å². The highest BCUT2D eigenvalue weighted by atomic mass is 16.5. The predicted octanol–water partition coefficient (Wildman–Crippen LogP) is 1.56. The molecule has 0 aliphatic heterocycles. The quantitative estimate of drug-likeness (QED) is 0.766. The Morgan fingerprint density at radius 1 is 1.50 bits per heavy atom. The number of aryl methyl sites for hydroxylation is 1. The van der Waals surface area contributed by atoms with Crippen molar-refractivity contribution in [3.63, 3.8) is 0 Å². The summed E-state index contributed by atoms with van der Waals surface area (Å²) in [6.45, 7) is 1.89. The fourth-order valence-corrected chi connectivity index (χ4v) is 1.57. The second-order valence-electron chi connectivity index (χ2n) is 3.83. The molecular formula is C12H14N4O2. The van der Waals surface area contributed by atoms with E-state index in [1.54, 1.807) is 19.2 Å². The Kier molecular flexibility index (Phi) is 3.18. The highest BCUT2D eigenvalue weighted by Crippen LogP contribution is 2.22. The normalized spacial score (nSPS) is 10.1. The lowest BCUT2D eigenvalue weighted by molar-refractivity contribution is 0.102. The van der Waals surface area contributed by atoms with Crippen LogP contribution in [0, 0.1) is 6.92 Å². The number of benzene rings is 1. The fraction of sp³-hybridized carbons (Fsp3) is 0.167. The van der Waals surface area contributed by atoms with Gasteiger partial charge < -0.3 is 15.8 Å². The molecule has 1 aromatic heterocycles. The number of H-pyrrole nitrogens is 1. The van der Waals surface area contributed by atoms with Gasteiger partial charge in [-0.25, -0.2) is 0 Å². The van der Waals surface area contributed by atoms with Crippen LogP contribution >= 0.6 is 0 Å². The molecule has 4 N–H and O–H groups in total. The number of nitrogens with two attached hydrogens (primary N) is 1. The molecule has 0 radical (unpaired) electrons. The molecule has 1 amide bonds. The van der Waals surface area contributed by atoms with E-state index in [1.165, 1.54) is 6.20 Å². The van der Waals surface area contributed by atoms with Gasteiger partial charge in [-0.1, -0.05) is 0 Å². The SMILES string of the molecule is COc1ccc(NC(=O)c2cn[nH]c2N)c(C)c1. The van der Waals surface area contributed by atoms with Crippen molar-refractivity contribution in [1.29, 1.82) is 0 Å². The molecule has 0 fully saturated rings. The third kappa shape index (κ3) is 2.27. The molecule has 6 nitrogen and oxygen atoms in total. The lowest BCUT2D eigenvalue weighted by atomic mass is 10.2. The van der Waals surface area contributed by atoms with Gasteiger partial charge in [0.15, 0.2) is 0 Å². The van der Waals surface area contributed by atoms with E-state index in [0.717, 1.165) is 11.3 Å². The molecule has 0 saturated carbocycles. The summed E-state index contributed by atoms with van der Waals surface area (Å²) in [6, 6.07) is 5.40. The molecule has 2 rings (SSSR count). The minimum Gasteiger partial charge on any atom is -0.497 e. The molecule has 0 aliphatic carbocycles. The summed E-state index contributed by atoms with van der Waals surface area (Å²) in [4.78, 5) is 11.9. The van der Waals surface area contributed by atoms with E-state index in [1.807, 2.05) is 13.0 Å². The van der Waals surface area contributed by atoms with Crippen molar-refractivity contribution in [3.05, 3.63) is 35.5 Å². The monoisotopic (exact) mass is 246 g/mol. The zero-order chi connectivity index (χ0) is 13.1. The lowest BCUT2D eigenvalue weighted by Gasteiger charge is -2.09. The summed E-state index contributed by atoms with van der Waals surface area (Å²) in [7, 11) is 1.60. The molecule has 0 bridgehead atoms. The topological polar surface area (TPSA) is 93.0 Å². The fourth-order valence-electron chi connectivity index (χ4n) is 1.57. The van der Waals surface area contributed by atoms with Crippen LogP contribution in [-0.2, 0) is 0 Å². The van der Waals surface area contributed by atoms with Crippen LogP contribution in [0.15, 0.2) is 24.4 Å². The van der Waals surface area contributed by atoms with Crippen molar-refractivity contribution in [2.45, 2.75) is 6.92 Å². The van der Waals surface area contributed by atoms with Crippen LogP contribution < -0.4 is 15.8 Å². The van der Waals surface area contributed by atoms with E-state index in [2.05, 4.69) is 15.5 Å².